The molecule has 1 amide bonds. The van der Waals surface area contributed by atoms with E-state index in [2.05, 4.69) is 14.6 Å². The first-order valence-electron chi connectivity index (χ1n) is 10.3. The van der Waals surface area contributed by atoms with Gasteiger partial charge in [0.1, 0.15) is 10.6 Å². The first-order chi connectivity index (χ1) is 15.0. The Kier molecular flexibility index (Phi) is 6.13. The molecule has 4 rings (SSSR count). The van der Waals surface area contributed by atoms with Crippen LogP contribution in [0.2, 0.25) is 0 Å². The van der Waals surface area contributed by atoms with E-state index in [0.29, 0.717) is 23.8 Å². The van der Waals surface area contributed by atoms with Gasteiger partial charge in [0, 0.05) is 32.4 Å². The number of rotatable bonds is 6. The number of hydrogen-bond donors (Lipinski definition) is 0. The Balaban J connectivity index is 1.79. The lowest BCUT2D eigenvalue weighted by atomic mass is 9.99. The highest BCUT2D eigenvalue weighted by atomic mass is 32.1. The van der Waals surface area contributed by atoms with Crippen molar-refractivity contribution in [2.75, 3.05) is 32.6 Å². The van der Waals surface area contributed by atoms with Crippen LogP contribution in [0.4, 0.5) is 5.95 Å². The van der Waals surface area contributed by atoms with Gasteiger partial charge in [-0.25, -0.2) is 9.97 Å². The smallest absolute Gasteiger partial charge is 0.268 e. The van der Waals surface area contributed by atoms with Gasteiger partial charge in [0.15, 0.2) is 0 Å². The van der Waals surface area contributed by atoms with Crippen molar-refractivity contribution in [3.05, 3.63) is 46.7 Å². The number of ether oxygens (including phenoxy) is 1. The lowest BCUT2D eigenvalue weighted by Crippen LogP contribution is -2.31. The molecule has 1 fully saturated rings. The predicted molar refractivity (Wildman–Crippen MR) is 121 cm³/mol. The largest absolute Gasteiger partial charge is 0.497 e. The minimum Gasteiger partial charge on any atom is -0.497 e. The van der Waals surface area contributed by atoms with E-state index >= 15 is 0 Å². The number of carbonyl (C=O) groups is 1. The van der Waals surface area contributed by atoms with Crippen molar-refractivity contribution in [3.8, 4) is 16.9 Å². The standard InChI is InChI=1S/C22H26N6O2S/c1-5-17-20(31-26-25-17)21(29)28-11-7-10-18(28)19-16(13-23-22(24-19)27(2)3)14-8-6-9-15(12-14)30-4/h6,8-9,12-13,18H,5,7,10-11H2,1-4H3/t18-/m0/s1. The van der Waals surface area contributed by atoms with Gasteiger partial charge in [-0.15, -0.1) is 5.10 Å². The van der Waals surface area contributed by atoms with Crippen LogP contribution in [0, 0.1) is 0 Å². The summed E-state index contributed by atoms with van der Waals surface area (Å²) >= 11 is 1.17. The number of carbonyl (C=O) groups excluding carboxylic acids is 1. The summed E-state index contributed by atoms with van der Waals surface area (Å²) in [6.45, 7) is 2.67. The molecule has 8 nitrogen and oxygen atoms in total. The van der Waals surface area contributed by atoms with Crippen molar-refractivity contribution in [2.24, 2.45) is 0 Å². The molecule has 1 aliphatic rings. The molecular weight excluding hydrogens is 412 g/mol. The lowest BCUT2D eigenvalue weighted by Gasteiger charge is -2.26. The van der Waals surface area contributed by atoms with Crippen LogP contribution in [0.25, 0.3) is 11.1 Å². The normalized spacial score (nSPS) is 15.9. The molecule has 9 heteroatoms. The number of hydrogen-bond acceptors (Lipinski definition) is 8. The van der Waals surface area contributed by atoms with Crippen LogP contribution < -0.4 is 9.64 Å². The molecule has 162 valence electrons. The average Bonchev–Trinajstić information content (AvgIpc) is 3.47. The molecule has 0 bridgehead atoms. The van der Waals surface area contributed by atoms with Crippen LogP contribution in [0.1, 0.15) is 46.9 Å². The molecule has 1 saturated heterocycles. The number of aromatic nitrogens is 4. The van der Waals surface area contributed by atoms with Crippen molar-refractivity contribution in [1.29, 1.82) is 0 Å². The molecule has 1 aromatic carbocycles. The summed E-state index contributed by atoms with van der Waals surface area (Å²) in [5, 5.41) is 4.12. The number of amides is 1. The molecule has 3 heterocycles. The molecule has 0 saturated carbocycles. The number of likely N-dealkylation sites (tertiary alicyclic amines) is 1. The van der Waals surface area contributed by atoms with E-state index < -0.39 is 0 Å². The number of nitrogens with zero attached hydrogens (tertiary/aromatic N) is 6. The highest BCUT2D eigenvalue weighted by molar-refractivity contribution is 7.08. The highest BCUT2D eigenvalue weighted by Crippen LogP contribution is 2.39. The van der Waals surface area contributed by atoms with Crippen molar-refractivity contribution in [2.45, 2.75) is 32.2 Å². The summed E-state index contributed by atoms with van der Waals surface area (Å²) < 4.78 is 9.41. The van der Waals surface area contributed by atoms with E-state index in [1.807, 2.05) is 61.3 Å². The van der Waals surface area contributed by atoms with Gasteiger partial charge in [0.05, 0.1) is 24.5 Å². The minimum absolute atomic E-state index is 0.0176. The summed E-state index contributed by atoms with van der Waals surface area (Å²) in [7, 11) is 5.48. The van der Waals surface area contributed by atoms with E-state index in [-0.39, 0.29) is 11.9 Å². The molecule has 1 aliphatic heterocycles. The van der Waals surface area contributed by atoms with Crippen LogP contribution in [0.3, 0.4) is 0 Å². The summed E-state index contributed by atoms with van der Waals surface area (Å²) in [5.74, 6) is 1.37. The number of anilines is 1. The van der Waals surface area contributed by atoms with Crippen molar-refractivity contribution < 1.29 is 9.53 Å². The van der Waals surface area contributed by atoms with Gasteiger partial charge >= 0.3 is 0 Å². The zero-order valence-corrected chi connectivity index (χ0v) is 19.0. The third kappa shape index (κ3) is 4.10. The minimum atomic E-state index is -0.137. The molecule has 0 radical (unpaired) electrons. The molecule has 0 spiro atoms. The van der Waals surface area contributed by atoms with E-state index in [9.17, 15) is 4.79 Å². The van der Waals surface area contributed by atoms with Crippen LogP contribution in [0.5, 0.6) is 5.75 Å². The highest BCUT2D eigenvalue weighted by Gasteiger charge is 2.35. The SMILES string of the molecule is CCc1nnsc1C(=O)N1CCC[C@H]1c1nc(N(C)C)ncc1-c1cccc(OC)c1. The zero-order chi connectivity index (χ0) is 22.0. The van der Waals surface area contributed by atoms with Crippen molar-refractivity contribution in [3.63, 3.8) is 0 Å². The summed E-state index contributed by atoms with van der Waals surface area (Å²) in [6.07, 6.45) is 4.30. The maximum absolute atomic E-state index is 13.4. The number of aryl methyl sites for hydroxylation is 1. The topological polar surface area (TPSA) is 84.3 Å². The van der Waals surface area contributed by atoms with Gasteiger partial charge in [0.25, 0.3) is 5.91 Å². The van der Waals surface area contributed by atoms with Crippen LogP contribution in [-0.2, 0) is 6.42 Å². The Morgan fingerprint density at radius 2 is 2.19 bits per heavy atom. The van der Waals surface area contributed by atoms with Crippen LogP contribution in [0.15, 0.2) is 30.5 Å². The van der Waals surface area contributed by atoms with Crippen molar-refractivity contribution >= 4 is 23.4 Å². The molecule has 1 atom stereocenters. The summed E-state index contributed by atoms with van der Waals surface area (Å²) in [5.41, 5.74) is 3.48. The lowest BCUT2D eigenvalue weighted by molar-refractivity contribution is 0.0737. The van der Waals surface area contributed by atoms with Gasteiger partial charge < -0.3 is 14.5 Å². The third-order valence-corrected chi connectivity index (χ3v) is 6.26. The molecule has 3 aromatic rings. The second kappa shape index (κ2) is 8.97. The van der Waals surface area contributed by atoms with E-state index in [4.69, 9.17) is 9.72 Å². The zero-order valence-electron chi connectivity index (χ0n) is 18.2. The second-order valence-electron chi connectivity index (χ2n) is 7.65. The monoisotopic (exact) mass is 438 g/mol. The van der Waals surface area contributed by atoms with Crippen molar-refractivity contribution in [1.82, 2.24) is 24.5 Å². The van der Waals surface area contributed by atoms with Gasteiger partial charge in [-0.2, -0.15) is 0 Å². The summed E-state index contributed by atoms with van der Waals surface area (Å²) in [6, 6.07) is 7.71. The molecule has 0 N–H and O–H groups in total. The molecule has 2 aromatic heterocycles. The maximum atomic E-state index is 13.4. The Bertz CT molecular complexity index is 1080. The van der Waals surface area contributed by atoms with Crippen LogP contribution >= 0.6 is 11.5 Å². The summed E-state index contributed by atoms with van der Waals surface area (Å²) in [4.78, 5) is 27.3. The number of methoxy groups -OCH3 is 1. The Labute approximate surface area is 186 Å². The molecule has 0 unspecified atom stereocenters. The number of benzene rings is 1. The van der Waals surface area contributed by atoms with Gasteiger partial charge in [-0.1, -0.05) is 23.5 Å². The average molecular weight is 439 g/mol. The van der Waals surface area contributed by atoms with Gasteiger partial charge in [-0.3, -0.25) is 4.79 Å². The predicted octanol–water partition coefficient (Wildman–Crippen LogP) is 3.61. The quantitative estimate of drug-likeness (QED) is 0.581. The third-order valence-electron chi connectivity index (χ3n) is 5.50. The maximum Gasteiger partial charge on any atom is 0.268 e. The van der Waals surface area contributed by atoms with Crippen LogP contribution in [-0.4, -0.2) is 58.1 Å². The molecule has 0 aliphatic carbocycles. The molecular formula is C22H26N6O2S. The Hall–Kier alpha value is -3.07. The van der Waals surface area contributed by atoms with E-state index in [0.717, 1.165) is 41.1 Å². The first kappa shape index (κ1) is 21.2. The molecule has 31 heavy (non-hydrogen) atoms. The fourth-order valence-electron chi connectivity index (χ4n) is 3.89. The fraction of sp³-hybridized carbons (Fsp3) is 0.409. The Morgan fingerprint density at radius 1 is 1.35 bits per heavy atom. The van der Waals surface area contributed by atoms with Gasteiger partial charge in [-0.05, 0) is 48.5 Å². The van der Waals surface area contributed by atoms with E-state index in [1.165, 1.54) is 11.5 Å². The van der Waals surface area contributed by atoms with E-state index in [1.54, 1.807) is 7.11 Å². The fourth-order valence-corrected chi connectivity index (χ4v) is 4.60. The second-order valence-corrected chi connectivity index (χ2v) is 8.41. The van der Waals surface area contributed by atoms with Gasteiger partial charge in [0.2, 0.25) is 5.95 Å². The first-order valence-corrected chi connectivity index (χ1v) is 11.1. The Morgan fingerprint density at radius 3 is 2.94 bits per heavy atom.